The number of thioether (sulfide) groups is 2. The van der Waals surface area contributed by atoms with Gasteiger partial charge in [0.25, 0.3) is 21.6 Å². The Morgan fingerprint density at radius 2 is 1.70 bits per heavy atom. The molecular weight excluding hydrogens is 677 g/mol. The number of carboxylic acids is 2. The first-order valence-electron chi connectivity index (χ1n) is 13.7. The van der Waals surface area contributed by atoms with Gasteiger partial charge in [-0.3, -0.25) is 33.2 Å². The Kier molecular flexibility index (Phi) is 11.2. The fraction of sp³-hybridized carbons (Fsp3) is 0.276. The van der Waals surface area contributed by atoms with Crippen LogP contribution in [-0.2, 0) is 38.1 Å². The second-order valence-corrected chi connectivity index (χ2v) is 14.3. The number of hydrogen-bond acceptors (Lipinski definition) is 10. The molecule has 1 aromatic carbocycles. The van der Waals surface area contributed by atoms with E-state index in [9.17, 15) is 37.8 Å². The molecule has 1 amide bonds. The highest BCUT2D eigenvalue weighted by Gasteiger charge is 2.36. The zero-order valence-electron chi connectivity index (χ0n) is 24.7. The second-order valence-electron chi connectivity index (χ2n) is 10.2. The van der Waals surface area contributed by atoms with Crippen molar-refractivity contribution in [2.45, 2.75) is 26.3 Å². The molecule has 1 aromatic heterocycles. The molecule has 0 radical (unpaired) electrons. The summed E-state index contributed by atoms with van der Waals surface area (Å²) in [5.41, 5.74) is 1.61. The van der Waals surface area contributed by atoms with Gasteiger partial charge in [0.05, 0.1) is 10.8 Å². The number of aromatic nitrogens is 2. The van der Waals surface area contributed by atoms with Crippen molar-refractivity contribution in [3.63, 3.8) is 0 Å². The van der Waals surface area contributed by atoms with E-state index in [0.29, 0.717) is 24.1 Å². The highest BCUT2D eigenvalue weighted by Crippen LogP contribution is 2.35. The van der Waals surface area contributed by atoms with Crippen molar-refractivity contribution in [3.8, 4) is 0 Å². The van der Waals surface area contributed by atoms with Gasteiger partial charge in [0.2, 0.25) is 0 Å². The fourth-order valence-corrected chi connectivity index (χ4v) is 7.64. The summed E-state index contributed by atoms with van der Waals surface area (Å²) in [7, 11) is -2.65. The van der Waals surface area contributed by atoms with E-state index in [2.05, 4.69) is 0 Å². The summed E-state index contributed by atoms with van der Waals surface area (Å²) in [4.78, 5) is 53.0. The van der Waals surface area contributed by atoms with Gasteiger partial charge in [-0.2, -0.15) is 8.42 Å². The highest BCUT2D eigenvalue weighted by molar-refractivity contribution is 8.30. The van der Waals surface area contributed by atoms with Gasteiger partial charge in [0.1, 0.15) is 33.1 Å². The Morgan fingerprint density at radius 1 is 1.02 bits per heavy atom. The number of aliphatic carboxylic acids is 2. The number of carbonyl (C=O) groups excluding carboxylic acids is 1. The van der Waals surface area contributed by atoms with Crippen LogP contribution < -0.4 is 16.4 Å². The number of carboxylic acid groups (broad SMARTS) is 2. The molecule has 0 aliphatic carbocycles. The number of allylic oxidation sites excluding steroid dienone is 4. The van der Waals surface area contributed by atoms with Gasteiger partial charge >= 0.3 is 11.9 Å². The molecule has 0 atom stereocenters. The summed E-state index contributed by atoms with van der Waals surface area (Å²) in [6.45, 7) is 1.07. The molecule has 2 aliphatic heterocycles. The molecule has 4 rings (SSSR count). The number of unbranched alkanes of at least 4 members (excludes halogenated alkanes) is 1. The SMILES string of the molecule is CC1=CSC(=CC=C(C=c2c(=O)n(C)/c(=C3\SC(=S)N(CC(=O)O)C3=O)n2CC(=O)O)c2ccccc2)N1CCCCS(=O)(=O)O. The Labute approximate surface area is 277 Å². The maximum atomic E-state index is 13.7. The second kappa shape index (κ2) is 14.7. The zero-order valence-corrected chi connectivity index (χ0v) is 27.9. The van der Waals surface area contributed by atoms with Gasteiger partial charge in [-0.05, 0) is 48.5 Å². The lowest BCUT2D eigenvalue weighted by Crippen LogP contribution is -2.37. The molecule has 0 spiro atoms. The smallest absolute Gasteiger partial charge is 0.323 e. The molecular formula is C29H30N4O9S4. The quantitative estimate of drug-likeness (QED) is 0.165. The van der Waals surface area contributed by atoms with Crippen molar-refractivity contribution in [2.24, 2.45) is 7.05 Å². The highest BCUT2D eigenvalue weighted by atomic mass is 32.2. The first-order chi connectivity index (χ1) is 21.7. The average Bonchev–Trinajstić information content (AvgIpc) is 3.54. The summed E-state index contributed by atoms with van der Waals surface area (Å²) in [5.74, 6) is -3.63. The van der Waals surface area contributed by atoms with E-state index in [1.807, 2.05) is 53.6 Å². The Balaban J connectivity index is 1.86. The van der Waals surface area contributed by atoms with E-state index in [1.54, 1.807) is 6.08 Å². The molecule has 46 heavy (non-hydrogen) atoms. The van der Waals surface area contributed by atoms with Crippen molar-refractivity contribution in [1.29, 1.82) is 0 Å². The third-order valence-corrected chi connectivity index (χ3v) is 10.2. The summed E-state index contributed by atoms with van der Waals surface area (Å²) in [5, 5.41) is 21.8. The number of amides is 1. The standard InChI is InChI=1S/C29H30N4O9S4/c1-18-17-44-22(31(18)12-6-7-13-46(40,41)42)11-10-20(19-8-4-3-5-9-19)14-21-27(38)30(2)26(32(21)15-23(34)35)25-28(39)33(16-24(36)37)29(43)45-25/h3-5,8-11,14,17H,6-7,12-13,15-16H2,1-2H3,(H,34,35)(H,36,37)(H,40,41,42)/b20-10?,21-14?,22-11?,26-25+. The minimum absolute atomic E-state index is 0.0168. The number of imidazole rings is 1. The van der Waals surface area contributed by atoms with Crippen molar-refractivity contribution in [2.75, 3.05) is 18.8 Å². The van der Waals surface area contributed by atoms with Gasteiger partial charge in [-0.25, -0.2) is 0 Å². The molecule has 3 heterocycles. The molecule has 1 saturated heterocycles. The minimum Gasteiger partial charge on any atom is -0.480 e. The molecule has 0 saturated carbocycles. The van der Waals surface area contributed by atoms with Crippen molar-refractivity contribution in [3.05, 3.63) is 85.4 Å². The van der Waals surface area contributed by atoms with Crippen LogP contribution in [0.3, 0.4) is 0 Å². The average molecular weight is 707 g/mol. The lowest BCUT2D eigenvalue weighted by Gasteiger charge is -2.21. The molecule has 1 fully saturated rings. The first-order valence-corrected chi connectivity index (χ1v) is 17.4. The van der Waals surface area contributed by atoms with E-state index in [-0.39, 0.29) is 32.2 Å². The fourth-order valence-electron chi connectivity index (χ4n) is 4.78. The van der Waals surface area contributed by atoms with Crippen LogP contribution in [0.2, 0.25) is 0 Å². The van der Waals surface area contributed by atoms with Crippen LogP contribution in [0, 0.1) is 0 Å². The lowest BCUT2D eigenvalue weighted by atomic mass is 10.0. The van der Waals surface area contributed by atoms with Gasteiger partial charge in [0, 0.05) is 19.3 Å². The summed E-state index contributed by atoms with van der Waals surface area (Å²) in [6, 6.07) is 9.08. The normalized spacial score (nSPS) is 18.2. The maximum absolute atomic E-state index is 13.7. The molecule has 13 nitrogen and oxygen atoms in total. The minimum atomic E-state index is -4.05. The predicted molar refractivity (Wildman–Crippen MR) is 180 cm³/mol. The van der Waals surface area contributed by atoms with Gasteiger partial charge < -0.3 is 19.7 Å². The van der Waals surface area contributed by atoms with Crippen LogP contribution in [0.15, 0.2) is 63.4 Å². The molecule has 0 bridgehead atoms. The Hall–Kier alpha value is -3.90. The van der Waals surface area contributed by atoms with E-state index >= 15 is 0 Å². The van der Waals surface area contributed by atoms with Gasteiger partial charge in [-0.15, -0.1) is 0 Å². The zero-order chi connectivity index (χ0) is 33.8. The van der Waals surface area contributed by atoms with E-state index < -0.39 is 46.6 Å². The molecule has 0 unspecified atom stereocenters. The number of nitrogens with zero attached hydrogens (tertiary/aromatic N) is 4. The van der Waals surface area contributed by atoms with Crippen molar-refractivity contribution in [1.82, 2.24) is 18.9 Å². The third-order valence-electron chi connectivity index (χ3n) is 6.91. The van der Waals surface area contributed by atoms with Gasteiger partial charge in [-0.1, -0.05) is 72.1 Å². The Bertz CT molecular complexity index is 1980. The van der Waals surface area contributed by atoms with Crippen LogP contribution in [0.4, 0.5) is 0 Å². The number of hydrogen-bond donors (Lipinski definition) is 3. The van der Waals surface area contributed by atoms with Crippen LogP contribution in [-0.4, -0.2) is 83.1 Å². The van der Waals surface area contributed by atoms with E-state index in [0.717, 1.165) is 32.0 Å². The van der Waals surface area contributed by atoms with Crippen LogP contribution in [0.1, 0.15) is 25.3 Å². The molecule has 17 heteroatoms. The molecule has 2 aromatic rings. The third kappa shape index (κ3) is 8.27. The topological polar surface area (TPSA) is 179 Å². The monoisotopic (exact) mass is 706 g/mol. The number of thiocarbonyl (C=S) groups is 1. The number of rotatable bonds is 12. The van der Waals surface area contributed by atoms with Crippen molar-refractivity contribution < 1.29 is 37.6 Å². The van der Waals surface area contributed by atoms with Crippen LogP contribution in [0.25, 0.3) is 16.6 Å². The molecule has 3 N–H and O–H groups in total. The predicted octanol–water partition coefficient (Wildman–Crippen LogP) is 1.61. The summed E-state index contributed by atoms with van der Waals surface area (Å²) in [6.07, 6.45) is 5.94. The molecule has 2 aliphatic rings. The summed E-state index contributed by atoms with van der Waals surface area (Å²) >= 11 is 7.47. The number of carbonyl (C=O) groups is 3. The van der Waals surface area contributed by atoms with Crippen LogP contribution >= 0.6 is 35.7 Å². The Morgan fingerprint density at radius 3 is 2.33 bits per heavy atom. The number of benzene rings is 1. The maximum Gasteiger partial charge on any atom is 0.323 e. The van der Waals surface area contributed by atoms with Crippen LogP contribution in [0.5, 0.6) is 0 Å². The lowest BCUT2D eigenvalue weighted by molar-refractivity contribution is -0.140. The van der Waals surface area contributed by atoms with E-state index in [1.165, 1.54) is 29.5 Å². The van der Waals surface area contributed by atoms with E-state index in [4.69, 9.17) is 16.8 Å². The largest absolute Gasteiger partial charge is 0.480 e. The molecule has 244 valence electrons. The van der Waals surface area contributed by atoms with Gasteiger partial charge in [0.15, 0.2) is 0 Å². The first kappa shape index (κ1) is 35.0. The summed E-state index contributed by atoms with van der Waals surface area (Å²) < 4.78 is 33.6. The van der Waals surface area contributed by atoms with Crippen molar-refractivity contribution >= 4 is 84.6 Å².